The molecule has 6 heteroatoms. The van der Waals surface area contributed by atoms with Gasteiger partial charge in [-0.05, 0) is 25.0 Å². The average Bonchev–Trinajstić information content (AvgIpc) is 3.04. The number of alkyl halides is 1. The fourth-order valence-corrected chi connectivity index (χ4v) is 4.98. The fourth-order valence-electron chi connectivity index (χ4n) is 4.00. The lowest BCUT2D eigenvalue weighted by atomic mass is 9.74. The highest BCUT2D eigenvalue weighted by atomic mass is 79.9. The molecule has 0 aliphatic carbocycles. The van der Waals surface area contributed by atoms with Gasteiger partial charge < -0.3 is 14.4 Å². The smallest absolute Gasteiger partial charge is 0.325 e. The third kappa shape index (κ3) is 1.70. The van der Waals surface area contributed by atoms with E-state index in [4.69, 9.17) is 9.47 Å². The van der Waals surface area contributed by atoms with Crippen LogP contribution in [-0.2, 0) is 23.4 Å². The standard InChI is InChI=1S/C16H18BrNO4/c1-15(17)10-6-4-5-7-11(10)18-9-8-16(12(15)18,13(19)21-2)14(20)22-3/h4-7,12H,8-9H2,1-3H3. The van der Waals surface area contributed by atoms with E-state index in [-0.39, 0.29) is 6.04 Å². The Kier molecular flexibility index (Phi) is 3.47. The number of nitrogens with zero attached hydrogens (tertiary/aromatic N) is 1. The molecular weight excluding hydrogens is 350 g/mol. The van der Waals surface area contributed by atoms with Gasteiger partial charge in [-0.2, -0.15) is 0 Å². The summed E-state index contributed by atoms with van der Waals surface area (Å²) >= 11 is 3.76. The van der Waals surface area contributed by atoms with Crippen LogP contribution >= 0.6 is 15.9 Å². The molecule has 3 rings (SSSR count). The number of halogens is 1. The molecule has 0 aromatic heterocycles. The van der Waals surface area contributed by atoms with E-state index in [9.17, 15) is 9.59 Å². The summed E-state index contributed by atoms with van der Waals surface area (Å²) in [5.74, 6) is -1.07. The topological polar surface area (TPSA) is 55.8 Å². The van der Waals surface area contributed by atoms with Crippen LogP contribution in [0.4, 0.5) is 5.69 Å². The Morgan fingerprint density at radius 2 is 1.82 bits per heavy atom. The first-order valence-electron chi connectivity index (χ1n) is 7.13. The van der Waals surface area contributed by atoms with Gasteiger partial charge in [-0.1, -0.05) is 34.1 Å². The third-order valence-corrected chi connectivity index (χ3v) is 5.74. The first-order chi connectivity index (χ1) is 10.4. The molecule has 2 unspecified atom stereocenters. The van der Waals surface area contributed by atoms with Gasteiger partial charge in [0.25, 0.3) is 0 Å². The molecule has 0 saturated carbocycles. The van der Waals surface area contributed by atoms with Crippen molar-refractivity contribution in [3.8, 4) is 0 Å². The monoisotopic (exact) mass is 367 g/mol. The molecule has 0 amide bonds. The SMILES string of the molecule is COC(=O)C1(C(=O)OC)CCN2c3ccccc3C(C)(Br)C21. The second-order valence-electron chi connectivity index (χ2n) is 5.89. The van der Waals surface area contributed by atoms with E-state index in [0.29, 0.717) is 13.0 Å². The number of hydrogen-bond acceptors (Lipinski definition) is 5. The number of para-hydroxylation sites is 1. The van der Waals surface area contributed by atoms with Crippen molar-refractivity contribution in [3.63, 3.8) is 0 Å². The number of fused-ring (bicyclic) bond motifs is 3. The normalized spacial score (nSPS) is 28.0. The zero-order valence-corrected chi connectivity index (χ0v) is 14.3. The second-order valence-corrected chi connectivity index (χ2v) is 7.54. The van der Waals surface area contributed by atoms with Gasteiger partial charge in [-0.15, -0.1) is 0 Å². The van der Waals surface area contributed by atoms with Crippen molar-refractivity contribution >= 4 is 33.6 Å². The van der Waals surface area contributed by atoms with Crippen LogP contribution in [0.2, 0.25) is 0 Å². The molecule has 2 heterocycles. The first kappa shape index (κ1) is 15.3. The van der Waals surface area contributed by atoms with Gasteiger partial charge in [0.15, 0.2) is 5.41 Å². The molecule has 2 atom stereocenters. The highest BCUT2D eigenvalue weighted by Crippen LogP contribution is 2.59. The van der Waals surface area contributed by atoms with Gasteiger partial charge in [0.05, 0.1) is 24.6 Å². The molecule has 5 nitrogen and oxygen atoms in total. The maximum atomic E-state index is 12.5. The predicted octanol–water partition coefficient (Wildman–Crippen LogP) is 2.22. The van der Waals surface area contributed by atoms with Crippen molar-refractivity contribution in [1.29, 1.82) is 0 Å². The number of rotatable bonds is 2. The average molecular weight is 368 g/mol. The molecule has 1 saturated heterocycles. The van der Waals surface area contributed by atoms with Crippen LogP contribution in [-0.4, -0.2) is 38.7 Å². The van der Waals surface area contributed by atoms with E-state index >= 15 is 0 Å². The summed E-state index contributed by atoms with van der Waals surface area (Å²) in [7, 11) is 2.62. The summed E-state index contributed by atoms with van der Waals surface area (Å²) in [6.07, 6.45) is 0.381. The summed E-state index contributed by atoms with van der Waals surface area (Å²) in [6.45, 7) is 2.59. The number of anilines is 1. The van der Waals surface area contributed by atoms with Gasteiger partial charge in [0.2, 0.25) is 0 Å². The number of benzene rings is 1. The van der Waals surface area contributed by atoms with Crippen LogP contribution in [0.1, 0.15) is 18.9 Å². The zero-order chi connectivity index (χ0) is 16.1. The second kappa shape index (κ2) is 4.98. The predicted molar refractivity (Wildman–Crippen MR) is 84.9 cm³/mol. The van der Waals surface area contributed by atoms with Crippen LogP contribution in [0.15, 0.2) is 24.3 Å². The Bertz CT molecular complexity index is 627. The van der Waals surface area contributed by atoms with Gasteiger partial charge >= 0.3 is 11.9 Å². The van der Waals surface area contributed by atoms with Crippen LogP contribution in [0.25, 0.3) is 0 Å². The number of ether oxygens (including phenoxy) is 2. The van der Waals surface area contributed by atoms with E-state index in [2.05, 4.69) is 20.8 Å². The molecule has 118 valence electrons. The minimum Gasteiger partial charge on any atom is -0.468 e. The first-order valence-corrected chi connectivity index (χ1v) is 7.92. The maximum absolute atomic E-state index is 12.5. The molecule has 0 spiro atoms. The van der Waals surface area contributed by atoms with Crippen molar-refractivity contribution in [3.05, 3.63) is 29.8 Å². The zero-order valence-electron chi connectivity index (χ0n) is 12.8. The van der Waals surface area contributed by atoms with Crippen LogP contribution < -0.4 is 4.90 Å². The van der Waals surface area contributed by atoms with E-state index in [1.807, 2.05) is 31.2 Å². The third-order valence-electron chi connectivity index (χ3n) is 4.88. The van der Waals surface area contributed by atoms with E-state index in [1.54, 1.807) is 0 Å². The van der Waals surface area contributed by atoms with Crippen molar-refractivity contribution in [1.82, 2.24) is 0 Å². The molecule has 1 aromatic rings. The van der Waals surface area contributed by atoms with Crippen LogP contribution in [0.5, 0.6) is 0 Å². The lowest BCUT2D eigenvalue weighted by Gasteiger charge is -2.37. The van der Waals surface area contributed by atoms with Crippen LogP contribution in [0.3, 0.4) is 0 Å². The summed E-state index contributed by atoms with van der Waals surface area (Å²) < 4.78 is 9.41. The Morgan fingerprint density at radius 3 is 2.41 bits per heavy atom. The van der Waals surface area contributed by atoms with Crippen molar-refractivity contribution in [2.45, 2.75) is 23.7 Å². The maximum Gasteiger partial charge on any atom is 0.325 e. The Labute approximate surface area is 137 Å². The quantitative estimate of drug-likeness (QED) is 0.455. The molecule has 2 aliphatic heterocycles. The lowest BCUT2D eigenvalue weighted by Crippen LogP contribution is -2.55. The van der Waals surface area contributed by atoms with Gasteiger partial charge in [-0.25, -0.2) is 0 Å². The highest BCUT2D eigenvalue weighted by Gasteiger charge is 2.68. The van der Waals surface area contributed by atoms with Crippen molar-refractivity contribution in [2.75, 3.05) is 25.7 Å². The summed E-state index contributed by atoms with van der Waals surface area (Å²) in [4.78, 5) is 27.2. The number of methoxy groups -OCH3 is 2. The van der Waals surface area contributed by atoms with E-state index in [0.717, 1.165) is 11.3 Å². The fraction of sp³-hybridized carbons (Fsp3) is 0.500. The molecule has 0 N–H and O–H groups in total. The molecule has 2 aliphatic rings. The number of hydrogen-bond donors (Lipinski definition) is 0. The lowest BCUT2D eigenvalue weighted by molar-refractivity contribution is -0.170. The number of carbonyl (C=O) groups excluding carboxylic acids is 2. The van der Waals surface area contributed by atoms with Crippen LogP contribution in [0, 0.1) is 5.41 Å². The van der Waals surface area contributed by atoms with E-state index < -0.39 is 21.7 Å². The Hall–Kier alpha value is -1.56. The Balaban J connectivity index is 2.19. The number of esters is 2. The minimum absolute atomic E-state index is 0.378. The highest BCUT2D eigenvalue weighted by molar-refractivity contribution is 9.09. The molecule has 22 heavy (non-hydrogen) atoms. The molecule has 1 fully saturated rings. The Morgan fingerprint density at radius 1 is 1.23 bits per heavy atom. The summed E-state index contributed by atoms with van der Waals surface area (Å²) in [6, 6.07) is 7.57. The van der Waals surface area contributed by atoms with Gasteiger partial charge in [-0.3, -0.25) is 9.59 Å². The van der Waals surface area contributed by atoms with Gasteiger partial charge in [0, 0.05) is 12.2 Å². The molecule has 1 aromatic carbocycles. The number of carbonyl (C=O) groups is 2. The van der Waals surface area contributed by atoms with Crippen molar-refractivity contribution < 1.29 is 19.1 Å². The summed E-state index contributed by atoms with van der Waals surface area (Å²) in [5, 5.41) is 0. The molecule has 0 radical (unpaired) electrons. The molecular formula is C16H18BrNO4. The van der Waals surface area contributed by atoms with Crippen molar-refractivity contribution in [2.24, 2.45) is 5.41 Å². The largest absolute Gasteiger partial charge is 0.468 e. The summed E-state index contributed by atoms with van der Waals surface area (Å²) in [5.41, 5.74) is 0.791. The molecule has 0 bridgehead atoms. The van der Waals surface area contributed by atoms with E-state index in [1.165, 1.54) is 14.2 Å². The minimum atomic E-state index is -1.32. The van der Waals surface area contributed by atoms with Gasteiger partial charge in [0.1, 0.15) is 0 Å².